The largest absolute Gasteiger partial charge is 0.508 e. The maximum absolute atomic E-state index is 11.8. The molecule has 0 unspecified atom stereocenters. The van der Waals surface area contributed by atoms with E-state index in [1.54, 1.807) is 24.3 Å². The minimum absolute atomic E-state index is 0.0519. The van der Waals surface area contributed by atoms with Crippen LogP contribution in [0.25, 0.3) is 16.9 Å². The fourth-order valence-corrected chi connectivity index (χ4v) is 4.18. The number of sulfone groups is 1. The number of para-hydroxylation sites is 1. The zero-order chi connectivity index (χ0) is 25.4. The molecule has 0 spiro atoms. The van der Waals surface area contributed by atoms with Crippen molar-refractivity contribution in [2.75, 3.05) is 26.1 Å². The van der Waals surface area contributed by atoms with Gasteiger partial charge in [-0.15, -0.1) is 10.1 Å². The van der Waals surface area contributed by atoms with Gasteiger partial charge in [-0.05, 0) is 48.4 Å². The fraction of sp³-hybridized carbons (Fsp3) is 0.292. The first kappa shape index (κ1) is 25.8. The van der Waals surface area contributed by atoms with E-state index in [0.717, 1.165) is 28.2 Å². The van der Waals surface area contributed by atoms with Crippen molar-refractivity contribution in [3.8, 4) is 16.9 Å². The maximum atomic E-state index is 11.8. The Hall–Kier alpha value is -3.86. The second kappa shape index (κ2) is 11.5. The molecule has 2 aromatic carbocycles. The number of hydrogen-bond donors (Lipinski definition) is 0. The third kappa shape index (κ3) is 7.06. The van der Waals surface area contributed by atoms with Gasteiger partial charge in [0.25, 0.3) is 5.09 Å². The fourth-order valence-electron chi connectivity index (χ4n) is 3.55. The van der Waals surface area contributed by atoms with Gasteiger partial charge in [0.2, 0.25) is 0 Å². The van der Waals surface area contributed by atoms with Crippen molar-refractivity contribution in [3.63, 3.8) is 0 Å². The highest BCUT2D eigenvalue weighted by molar-refractivity contribution is 7.90. The molecule has 0 N–H and O–H groups in total. The standard InChI is InChI=1S/C24H26N2O8S/c1-18-20(13-16-33-24(27)32-14-6-15-34-26(28)29)17-23(25(18)21-7-4-3-5-8-21)19-9-11-22(12-10-19)35(2,30)31/h3-5,7-12,17H,6,13-16H2,1-2H3. The molecular weight excluding hydrogens is 476 g/mol. The van der Waals surface area contributed by atoms with Crippen molar-refractivity contribution in [1.29, 1.82) is 0 Å². The summed E-state index contributed by atoms with van der Waals surface area (Å²) in [5, 5.41) is 9.18. The molecule has 3 rings (SSSR count). The van der Waals surface area contributed by atoms with Gasteiger partial charge in [-0.1, -0.05) is 30.3 Å². The van der Waals surface area contributed by atoms with Crippen LogP contribution in [0.5, 0.6) is 0 Å². The van der Waals surface area contributed by atoms with Gasteiger partial charge in [0, 0.05) is 30.5 Å². The summed E-state index contributed by atoms with van der Waals surface area (Å²) in [4.78, 5) is 26.2. The molecule has 0 radical (unpaired) electrons. The number of ether oxygens (including phenoxy) is 2. The van der Waals surface area contributed by atoms with Gasteiger partial charge in [0.1, 0.15) is 0 Å². The summed E-state index contributed by atoms with van der Waals surface area (Å²) in [6, 6.07) is 18.4. The van der Waals surface area contributed by atoms with Crippen LogP contribution < -0.4 is 0 Å². The first-order valence-corrected chi connectivity index (χ1v) is 12.7. The van der Waals surface area contributed by atoms with Crippen molar-refractivity contribution in [1.82, 2.24) is 4.57 Å². The maximum Gasteiger partial charge on any atom is 0.508 e. The molecule has 0 aliphatic carbocycles. The predicted octanol–water partition coefficient (Wildman–Crippen LogP) is 4.15. The van der Waals surface area contributed by atoms with Crippen LogP contribution in [0.4, 0.5) is 4.79 Å². The Bertz CT molecular complexity index is 1270. The molecule has 0 aliphatic rings. The number of benzene rings is 2. The third-order valence-corrected chi connectivity index (χ3v) is 6.37. The summed E-state index contributed by atoms with van der Waals surface area (Å²) in [7, 11) is -3.31. The molecule has 1 heterocycles. The molecule has 0 fully saturated rings. The van der Waals surface area contributed by atoms with Crippen molar-refractivity contribution >= 4 is 16.0 Å². The van der Waals surface area contributed by atoms with E-state index in [-0.39, 0.29) is 31.1 Å². The van der Waals surface area contributed by atoms with Crippen molar-refractivity contribution in [3.05, 3.63) is 82.0 Å². The van der Waals surface area contributed by atoms with Crippen LogP contribution in [0.3, 0.4) is 0 Å². The average molecular weight is 503 g/mol. The van der Waals surface area contributed by atoms with E-state index in [1.807, 2.05) is 43.3 Å². The van der Waals surface area contributed by atoms with Crippen LogP contribution in [-0.4, -0.2) is 50.3 Å². The van der Waals surface area contributed by atoms with E-state index in [2.05, 4.69) is 9.40 Å². The van der Waals surface area contributed by atoms with Gasteiger partial charge < -0.3 is 18.9 Å². The van der Waals surface area contributed by atoms with E-state index in [1.165, 1.54) is 6.26 Å². The summed E-state index contributed by atoms with van der Waals surface area (Å²) in [6.07, 6.45) is 0.918. The lowest BCUT2D eigenvalue weighted by atomic mass is 10.1. The number of carbonyl (C=O) groups excluding carboxylic acids is 1. The Labute approximate surface area is 203 Å². The summed E-state index contributed by atoms with van der Waals surface area (Å²) in [5.74, 6) is 0. The number of nitrogens with zero attached hydrogens (tertiary/aromatic N) is 2. The molecular formula is C24H26N2O8S. The molecule has 3 aromatic rings. The molecule has 0 aliphatic heterocycles. The first-order valence-electron chi connectivity index (χ1n) is 10.8. The molecule has 0 saturated carbocycles. The number of carbonyl (C=O) groups is 1. The van der Waals surface area contributed by atoms with Crippen molar-refractivity contribution < 1.29 is 32.6 Å². The highest BCUT2D eigenvalue weighted by Gasteiger charge is 2.16. The van der Waals surface area contributed by atoms with Crippen LogP contribution in [0.2, 0.25) is 0 Å². The molecule has 0 saturated heterocycles. The highest BCUT2D eigenvalue weighted by Crippen LogP contribution is 2.30. The van der Waals surface area contributed by atoms with Gasteiger partial charge in [0.15, 0.2) is 9.84 Å². The Morgan fingerprint density at radius 2 is 1.66 bits per heavy atom. The lowest BCUT2D eigenvalue weighted by Gasteiger charge is -2.13. The normalized spacial score (nSPS) is 11.1. The van der Waals surface area contributed by atoms with Crippen LogP contribution >= 0.6 is 0 Å². The summed E-state index contributed by atoms with van der Waals surface area (Å²) >= 11 is 0. The van der Waals surface area contributed by atoms with Crippen molar-refractivity contribution in [2.24, 2.45) is 0 Å². The molecule has 1 aromatic heterocycles. The van der Waals surface area contributed by atoms with E-state index < -0.39 is 21.1 Å². The highest BCUT2D eigenvalue weighted by atomic mass is 32.2. The monoisotopic (exact) mass is 502 g/mol. The zero-order valence-electron chi connectivity index (χ0n) is 19.4. The van der Waals surface area contributed by atoms with Crippen LogP contribution in [0, 0.1) is 17.0 Å². The molecule has 35 heavy (non-hydrogen) atoms. The van der Waals surface area contributed by atoms with Gasteiger partial charge in [-0.2, -0.15) is 0 Å². The lowest BCUT2D eigenvalue weighted by molar-refractivity contribution is -0.757. The third-order valence-electron chi connectivity index (χ3n) is 5.24. The van der Waals surface area contributed by atoms with E-state index in [9.17, 15) is 23.3 Å². The van der Waals surface area contributed by atoms with E-state index >= 15 is 0 Å². The minimum atomic E-state index is -3.31. The number of hydrogen-bond acceptors (Lipinski definition) is 8. The minimum Gasteiger partial charge on any atom is -0.434 e. The van der Waals surface area contributed by atoms with Crippen LogP contribution in [0.1, 0.15) is 17.7 Å². The Balaban J connectivity index is 1.73. The summed E-state index contributed by atoms with van der Waals surface area (Å²) in [6.45, 7) is 1.82. The quantitative estimate of drug-likeness (QED) is 0.166. The molecule has 0 amide bonds. The van der Waals surface area contributed by atoms with Crippen molar-refractivity contribution in [2.45, 2.75) is 24.7 Å². The second-order valence-corrected chi connectivity index (χ2v) is 9.73. The van der Waals surface area contributed by atoms with Gasteiger partial charge >= 0.3 is 6.16 Å². The predicted molar refractivity (Wildman–Crippen MR) is 128 cm³/mol. The Kier molecular flexibility index (Phi) is 8.48. The second-order valence-electron chi connectivity index (χ2n) is 7.72. The van der Waals surface area contributed by atoms with Crippen LogP contribution in [-0.2, 0) is 30.6 Å². The molecule has 0 atom stereocenters. The topological polar surface area (TPSA) is 127 Å². The lowest BCUT2D eigenvalue weighted by Crippen LogP contribution is -2.12. The van der Waals surface area contributed by atoms with Crippen LogP contribution in [0.15, 0.2) is 65.6 Å². The molecule has 11 heteroatoms. The summed E-state index contributed by atoms with van der Waals surface area (Å²) in [5.41, 5.74) is 4.55. The van der Waals surface area contributed by atoms with Gasteiger partial charge in [-0.25, -0.2) is 13.2 Å². The van der Waals surface area contributed by atoms with E-state index in [4.69, 9.17) is 9.47 Å². The molecule has 0 bridgehead atoms. The van der Waals surface area contributed by atoms with Gasteiger partial charge in [-0.3, -0.25) is 0 Å². The molecule has 186 valence electrons. The van der Waals surface area contributed by atoms with Gasteiger partial charge in [0.05, 0.1) is 30.4 Å². The first-order chi connectivity index (χ1) is 16.7. The summed E-state index contributed by atoms with van der Waals surface area (Å²) < 4.78 is 35.8. The smallest absolute Gasteiger partial charge is 0.434 e. The average Bonchev–Trinajstić information content (AvgIpc) is 3.15. The Morgan fingerprint density at radius 1 is 1.00 bits per heavy atom. The van der Waals surface area contributed by atoms with E-state index in [0.29, 0.717) is 6.42 Å². The zero-order valence-corrected chi connectivity index (χ0v) is 20.2. The number of rotatable bonds is 11. The SMILES string of the molecule is Cc1c(CCOC(=O)OCCCO[N+](=O)[O-])cc(-c2ccc(S(C)(=O)=O)cc2)n1-c1ccccc1. The Morgan fingerprint density at radius 3 is 2.29 bits per heavy atom. The number of aromatic nitrogens is 1. The molecule has 10 nitrogen and oxygen atoms in total.